The third kappa shape index (κ3) is 8.66. The van der Waals surface area contributed by atoms with Gasteiger partial charge in [0.05, 0.1) is 40.9 Å². The van der Waals surface area contributed by atoms with E-state index in [2.05, 4.69) is 20.5 Å². The Morgan fingerprint density at radius 1 is 0.966 bits per heavy atom. The van der Waals surface area contributed by atoms with Gasteiger partial charge in [0.25, 0.3) is 5.56 Å². The Labute approximate surface area is 346 Å². The average Bonchev–Trinajstić information content (AvgIpc) is 3.60. The van der Waals surface area contributed by atoms with Gasteiger partial charge in [-0.05, 0) is 57.0 Å². The van der Waals surface area contributed by atoms with Crippen LogP contribution in [0.5, 0.6) is 5.88 Å². The molecule has 2 aliphatic heterocycles. The minimum atomic E-state index is -0.710. The molecule has 0 aliphatic carbocycles. The monoisotopic (exact) mass is 825 g/mol. The molecule has 58 heavy (non-hydrogen) atoms. The number of methoxy groups -OCH3 is 1. The highest BCUT2D eigenvalue weighted by Crippen LogP contribution is 2.42. The van der Waals surface area contributed by atoms with E-state index in [1.54, 1.807) is 45.1 Å². The maximum atomic E-state index is 13.4. The Balaban J connectivity index is 1.13. The summed E-state index contributed by atoms with van der Waals surface area (Å²) < 4.78 is 13.0. The van der Waals surface area contributed by atoms with Crippen LogP contribution in [0.25, 0.3) is 39.2 Å². The predicted octanol–water partition coefficient (Wildman–Crippen LogP) is 6.60. The number of carbonyl (C=O) groups excluding carboxylic acids is 3. The Morgan fingerprint density at radius 2 is 1.66 bits per heavy atom. The molecule has 0 bridgehead atoms. The number of halogens is 2. The molecule has 5 heterocycles. The topological polar surface area (TPSA) is 147 Å². The number of carbonyl (C=O) groups is 3. The fraction of sp³-hybridized carbons (Fsp3) is 0.349. The number of hydrogen-bond acceptors (Lipinski definition) is 9. The lowest BCUT2D eigenvalue weighted by molar-refractivity contribution is -0.130. The van der Waals surface area contributed by atoms with E-state index in [-0.39, 0.29) is 42.4 Å². The van der Waals surface area contributed by atoms with E-state index in [1.807, 2.05) is 60.7 Å². The molecule has 1 atom stereocenters. The third-order valence-corrected chi connectivity index (χ3v) is 11.1. The van der Waals surface area contributed by atoms with Gasteiger partial charge in [0.2, 0.25) is 17.7 Å². The van der Waals surface area contributed by atoms with E-state index in [9.17, 15) is 19.2 Å². The number of amides is 3. The van der Waals surface area contributed by atoms with Crippen molar-refractivity contribution < 1.29 is 23.9 Å². The van der Waals surface area contributed by atoms with E-state index in [1.165, 1.54) is 11.5 Å². The summed E-state index contributed by atoms with van der Waals surface area (Å²) in [6, 6.07) is 18.5. The molecule has 2 aliphatic rings. The molecule has 2 saturated heterocycles. The molecule has 3 aromatic heterocycles. The molecule has 2 N–H and O–H groups in total. The zero-order chi connectivity index (χ0) is 41.3. The first kappa shape index (κ1) is 40.7. The molecule has 0 radical (unpaired) electrons. The fourth-order valence-electron chi connectivity index (χ4n) is 7.33. The maximum absolute atomic E-state index is 13.4. The Morgan fingerprint density at radius 3 is 2.31 bits per heavy atom. The largest absolute Gasteiger partial charge is 0.481 e. The van der Waals surface area contributed by atoms with Gasteiger partial charge in [0.15, 0.2) is 0 Å². The van der Waals surface area contributed by atoms with Gasteiger partial charge in [-0.15, -0.1) is 0 Å². The van der Waals surface area contributed by atoms with Crippen LogP contribution in [-0.4, -0.2) is 87.5 Å². The van der Waals surface area contributed by atoms with Gasteiger partial charge in [-0.1, -0.05) is 59.6 Å². The molecule has 15 heteroatoms. The molecule has 0 unspecified atom stereocenters. The van der Waals surface area contributed by atoms with E-state index in [4.69, 9.17) is 37.7 Å². The number of hydrogen-bond donors (Lipinski definition) is 2. The summed E-state index contributed by atoms with van der Waals surface area (Å²) in [5.74, 6) is 0.216. The molecule has 302 valence electrons. The van der Waals surface area contributed by atoms with E-state index in [0.717, 1.165) is 11.1 Å². The van der Waals surface area contributed by atoms with Crippen LogP contribution in [0.15, 0.2) is 77.9 Å². The highest BCUT2D eigenvalue weighted by atomic mass is 35.5. The smallest absolute Gasteiger partial charge is 0.410 e. The number of nitrogens with one attached hydrogen (secondary N) is 2. The van der Waals surface area contributed by atoms with Crippen molar-refractivity contribution >= 4 is 46.8 Å². The molecule has 3 amide bonds. The number of likely N-dealkylation sites (tertiary alicyclic amines) is 1. The molecule has 2 fully saturated rings. The summed E-state index contributed by atoms with van der Waals surface area (Å²) in [4.78, 5) is 63.5. The van der Waals surface area contributed by atoms with Crippen LogP contribution < -0.4 is 20.9 Å². The summed E-state index contributed by atoms with van der Waals surface area (Å²) in [6.45, 7) is 7.45. The van der Waals surface area contributed by atoms with E-state index >= 15 is 0 Å². The summed E-state index contributed by atoms with van der Waals surface area (Å²) in [5.41, 5.74) is 4.90. The standard InChI is InChI=1S/C43H45Cl2N7O6/c1-43(2,3)58-42(56)51(24-29-13-15-36(53)48-29)23-26-12-14-34(49-40(26)57-5)33-11-7-10-32(38(33)45)31-9-6-8-30(37(31)44)25-16-17-52-35(18-25)47-19-27(41(52)55)20-50-21-28(22-50)39(54)46-4/h6-12,14,16-19,28-29H,13,15,20-24H2,1-5H3,(H,46,54)(H,48,53)/t29-/m0/s1. The first-order valence-corrected chi connectivity index (χ1v) is 19.8. The quantitative estimate of drug-likeness (QED) is 0.150. The van der Waals surface area contributed by atoms with Gasteiger partial charge >= 0.3 is 6.09 Å². The molecule has 7 rings (SSSR count). The second kappa shape index (κ2) is 16.8. The SMILES string of the molecule is CNC(=O)C1CN(Cc2cnc3cc(-c4cccc(-c5cccc(-c6ccc(CN(C[C@@H]7CCC(=O)N7)C(=O)OC(C)(C)C)c(OC)n6)c5Cl)c4Cl)ccn3c2=O)C1. The normalized spacial score (nSPS) is 15.8. The first-order chi connectivity index (χ1) is 27.7. The number of aromatic nitrogens is 3. The highest BCUT2D eigenvalue weighted by Gasteiger charge is 2.33. The molecule has 0 spiro atoms. The molecular weight excluding hydrogens is 781 g/mol. The zero-order valence-corrected chi connectivity index (χ0v) is 34.5. The first-order valence-electron chi connectivity index (χ1n) is 19.1. The van der Waals surface area contributed by atoms with Crippen LogP contribution >= 0.6 is 23.2 Å². The number of benzene rings is 2. The number of pyridine rings is 2. The van der Waals surface area contributed by atoms with Crippen molar-refractivity contribution in [2.75, 3.05) is 33.8 Å². The fourth-order valence-corrected chi connectivity index (χ4v) is 7.99. The van der Waals surface area contributed by atoms with Crippen LogP contribution in [-0.2, 0) is 27.4 Å². The Hall–Kier alpha value is -5.50. The average molecular weight is 827 g/mol. The van der Waals surface area contributed by atoms with E-state index in [0.29, 0.717) is 87.6 Å². The van der Waals surface area contributed by atoms with Crippen LogP contribution in [0.3, 0.4) is 0 Å². The minimum Gasteiger partial charge on any atom is -0.481 e. The van der Waals surface area contributed by atoms with Crippen LogP contribution in [0.1, 0.15) is 44.7 Å². The van der Waals surface area contributed by atoms with Crippen molar-refractivity contribution in [1.29, 1.82) is 0 Å². The van der Waals surface area contributed by atoms with Crippen molar-refractivity contribution in [1.82, 2.24) is 34.8 Å². The minimum absolute atomic E-state index is 0.00810. The van der Waals surface area contributed by atoms with Crippen LogP contribution in [0, 0.1) is 5.92 Å². The summed E-state index contributed by atoms with van der Waals surface area (Å²) in [6.07, 6.45) is 3.83. The van der Waals surface area contributed by atoms with Gasteiger partial charge in [0.1, 0.15) is 11.2 Å². The van der Waals surface area contributed by atoms with Crippen molar-refractivity contribution in [2.45, 2.75) is 58.3 Å². The van der Waals surface area contributed by atoms with Gasteiger partial charge in [-0.25, -0.2) is 14.8 Å². The molecule has 13 nitrogen and oxygen atoms in total. The molecular formula is C43H45Cl2N7O6. The number of ether oxygens (including phenoxy) is 2. The van der Waals surface area contributed by atoms with Crippen molar-refractivity contribution in [3.63, 3.8) is 0 Å². The second-order valence-electron chi connectivity index (χ2n) is 15.6. The summed E-state index contributed by atoms with van der Waals surface area (Å²) in [5, 5.41) is 6.50. The zero-order valence-electron chi connectivity index (χ0n) is 33.0. The molecule has 0 saturated carbocycles. The Bertz CT molecular complexity index is 2460. The predicted molar refractivity (Wildman–Crippen MR) is 223 cm³/mol. The van der Waals surface area contributed by atoms with Crippen molar-refractivity contribution in [3.05, 3.63) is 105 Å². The highest BCUT2D eigenvalue weighted by molar-refractivity contribution is 6.39. The molecule has 2 aromatic carbocycles. The third-order valence-electron chi connectivity index (χ3n) is 10.3. The van der Waals surface area contributed by atoms with Gasteiger partial charge < -0.3 is 25.0 Å². The summed E-state index contributed by atoms with van der Waals surface area (Å²) in [7, 11) is 3.14. The lowest BCUT2D eigenvalue weighted by Crippen LogP contribution is -2.52. The van der Waals surface area contributed by atoms with Gasteiger partial charge in [0, 0.05) is 85.9 Å². The second-order valence-corrected chi connectivity index (χ2v) is 16.4. The lowest BCUT2D eigenvalue weighted by Gasteiger charge is -2.37. The van der Waals surface area contributed by atoms with Gasteiger partial charge in [-0.2, -0.15) is 0 Å². The van der Waals surface area contributed by atoms with Crippen molar-refractivity contribution in [3.8, 4) is 39.4 Å². The number of fused-ring (bicyclic) bond motifs is 1. The number of rotatable bonds is 11. The van der Waals surface area contributed by atoms with Gasteiger partial charge in [-0.3, -0.25) is 23.7 Å². The lowest BCUT2D eigenvalue weighted by atomic mass is 9.97. The number of nitrogens with zero attached hydrogens (tertiary/aromatic N) is 5. The molecule has 5 aromatic rings. The Kier molecular flexibility index (Phi) is 11.8. The maximum Gasteiger partial charge on any atom is 0.410 e. The summed E-state index contributed by atoms with van der Waals surface area (Å²) >= 11 is 14.3. The van der Waals surface area contributed by atoms with Crippen LogP contribution in [0.2, 0.25) is 10.0 Å². The van der Waals surface area contributed by atoms with Crippen molar-refractivity contribution in [2.24, 2.45) is 5.92 Å². The van der Waals surface area contributed by atoms with Crippen LogP contribution in [0.4, 0.5) is 4.79 Å². The van der Waals surface area contributed by atoms with E-state index < -0.39 is 11.7 Å².